The molecule has 214 valence electrons. The molecule has 0 aromatic rings. The largest absolute Gasteiger partial charge is 0.457 e. The van der Waals surface area contributed by atoms with Crippen molar-refractivity contribution in [2.24, 2.45) is 11.8 Å². The summed E-state index contributed by atoms with van der Waals surface area (Å²) in [6.07, 6.45) is 22.8. The van der Waals surface area contributed by atoms with Crippen molar-refractivity contribution < 1.29 is 23.8 Å². The van der Waals surface area contributed by atoms with Crippen LogP contribution in [0.15, 0.2) is 36.0 Å². The average molecular weight is 530 g/mol. The molecule has 2 saturated heterocycles. The van der Waals surface area contributed by atoms with Crippen LogP contribution < -0.4 is 5.32 Å². The van der Waals surface area contributed by atoms with Gasteiger partial charge in [0.05, 0.1) is 30.8 Å². The zero-order valence-corrected chi connectivity index (χ0v) is 24.2. The molecule has 6 heteroatoms. The first-order chi connectivity index (χ1) is 18.4. The van der Waals surface area contributed by atoms with Gasteiger partial charge in [-0.05, 0) is 76.7 Å². The number of esters is 1. The predicted molar refractivity (Wildman–Crippen MR) is 152 cm³/mol. The molecule has 7 atom stereocenters. The number of unbranched alkanes of at least 4 members (excludes halogenated alkanes) is 3. The zero-order chi connectivity index (χ0) is 27.3. The third-order valence-corrected chi connectivity index (χ3v) is 8.17. The van der Waals surface area contributed by atoms with Gasteiger partial charge in [0.25, 0.3) is 0 Å². The summed E-state index contributed by atoms with van der Waals surface area (Å²) in [5.41, 5.74) is 1.37. The first-order valence-electron chi connectivity index (χ1n) is 15.1. The number of amides is 1. The van der Waals surface area contributed by atoms with E-state index in [1.54, 1.807) is 7.05 Å². The number of hydrogen-bond donors (Lipinski definition) is 1. The Balaban J connectivity index is 1.67. The molecule has 3 heterocycles. The summed E-state index contributed by atoms with van der Waals surface area (Å²) in [4.78, 5) is 24.5. The Morgan fingerprint density at radius 2 is 1.71 bits per heavy atom. The van der Waals surface area contributed by atoms with Gasteiger partial charge < -0.3 is 19.5 Å². The summed E-state index contributed by atoms with van der Waals surface area (Å²) in [7, 11) is 1.68. The van der Waals surface area contributed by atoms with Gasteiger partial charge in [-0.25, -0.2) is 0 Å². The SMILES string of the molecule is C/C=C1\CC2CC(=O)OC(/C=C/CCCCCC(=O)NC)C(C)/C=C/C(C)CC3CCCC(CC(C1)O2)O3. The van der Waals surface area contributed by atoms with Crippen molar-refractivity contribution in [3.05, 3.63) is 36.0 Å². The van der Waals surface area contributed by atoms with Gasteiger partial charge in [-0.2, -0.15) is 0 Å². The van der Waals surface area contributed by atoms with E-state index in [-0.39, 0.29) is 48.6 Å². The Labute approximate surface area is 230 Å². The van der Waals surface area contributed by atoms with Crippen molar-refractivity contribution in [3.63, 3.8) is 0 Å². The lowest BCUT2D eigenvalue weighted by Gasteiger charge is -2.37. The fourth-order valence-corrected chi connectivity index (χ4v) is 5.91. The van der Waals surface area contributed by atoms with Crippen LogP contribution in [0.4, 0.5) is 0 Å². The van der Waals surface area contributed by atoms with E-state index in [0.717, 1.165) is 64.2 Å². The topological polar surface area (TPSA) is 73.9 Å². The molecule has 2 fully saturated rings. The molecule has 4 bridgehead atoms. The van der Waals surface area contributed by atoms with Crippen molar-refractivity contribution in [3.8, 4) is 0 Å². The van der Waals surface area contributed by atoms with Crippen molar-refractivity contribution in [2.45, 2.75) is 135 Å². The Hall–Kier alpha value is -1.92. The Morgan fingerprint density at radius 1 is 0.974 bits per heavy atom. The van der Waals surface area contributed by atoms with Gasteiger partial charge in [0.2, 0.25) is 5.91 Å². The molecule has 3 rings (SSSR count). The maximum Gasteiger partial charge on any atom is 0.309 e. The first-order valence-corrected chi connectivity index (χ1v) is 15.1. The van der Waals surface area contributed by atoms with Crippen LogP contribution in [0.2, 0.25) is 0 Å². The maximum atomic E-state index is 13.1. The second-order valence-corrected chi connectivity index (χ2v) is 11.6. The number of carbonyl (C=O) groups is 2. The van der Waals surface area contributed by atoms with E-state index >= 15 is 0 Å². The molecule has 0 radical (unpaired) electrons. The second kappa shape index (κ2) is 16.2. The molecule has 0 aromatic heterocycles. The average Bonchev–Trinajstić information content (AvgIpc) is 2.89. The summed E-state index contributed by atoms with van der Waals surface area (Å²) >= 11 is 0. The van der Waals surface area contributed by atoms with Gasteiger partial charge in [0, 0.05) is 25.8 Å². The summed E-state index contributed by atoms with van der Waals surface area (Å²) in [5, 5.41) is 2.67. The summed E-state index contributed by atoms with van der Waals surface area (Å²) < 4.78 is 19.0. The van der Waals surface area contributed by atoms with E-state index in [0.29, 0.717) is 18.4 Å². The van der Waals surface area contributed by atoms with Crippen molar-refractivity contribution in [1.82, 2.24) is 5.32 Å². The van der Waals surface area contributed by atoms with Gasteiger partial charge in [-0.1, -0.05) is 50.1 Å². The number of rotatable bonds is 7. The number of carbonyl (C=O) groups excluding carboxylic acids is 2. The zero-order valence-electron chi connectivity index (χ0n) is 24.2. The maximum absolute atomic E-state index is 13.1. The molecule has 0 aromatic carbocycles. The molecule has 7 unspecified atom stereocenters. The minimum atomic E-state index is -0.305. The monoisotopic (exact) mass is 529 g/mol. The Bertz CT molecular complexity index is 834. The summed E-state index contributed by atoms with van der Waals surface area (Å²) in [5.74, 6) is 0.378. The first kappa shape index (κ1) is 30.6. The number of fused-ring (bicyclic) bond motifs is 4. The van der Waals surface area contributed by atoms with E-state index in [1.807, 2.05) is 0 Å². The van der Waals surface area contributed by atoms with E-state index in [4.69, 9.17) is 14.2 Å². The van der Waals surface area contributed by atoms with Gasteiger partial charge >= 0.3 is 5.97 Å². The van der Waals surface area contributed by atoms with Crippen LogP contribution in [0.5, 0.6) is 0 Å². The van der Waals surface area contributed by atoms with E-state index in [2.05, 4.69) is 56.5 Å². The normalized spacial score (nSPS) is 35.1. The van der Waals surface area contributed by atoms with Crippen LogP contribution in [0.1, 0.15) is 104 Å². The lowest BCUT2D eigenvalue weighted by Crippen LogP contribution is -2.37. The molecular weight excluding hydrogens is 478 g/mol. The third-order valence-electron chi connectivity index (χ3n) is 8.17. The molecule has 0 aliphatic carbocycles. The lowest BCUT2D eigenvalue weighted by molar-refractivity contribution is -0.154. The standard InChI is InChI=1S/C32H51NO5/c1-5-25-19-28-21-27-13-11-12-26(36-27)18-23(2)16-17-24(3)30(38-32(35)22-29(20-25)37-28)14-9-7-6-8-10-15-31(34)33-4/h5,9,14,16-17,23-24,26-30H,6-8,10-13,15,18-22H2,1-4H3,(H,33,34)/b14-9+,17-16+,25-5-. The minimum Gasteiger partial charge on any atom is -0.457 e. The number of nitrogens with one attached hydrogen (secondary N) is 1. The molecule has 0 saturated carbocycles. The minimum absolute atomic E-state index is 0.0740. The quantitative estimate of drug-likeness (QED) is 0.229. The van der Waals surface area contributed by atoms with Crippen molar-refractivity contribution in [1.29, 1.82) is 0 Å². The van der Waals surface area contributed by atoms with Crippen LogP contribution in [0, 0.1) is 11.8 Å². The number of allylic oxidation sites excluding steroid dienone is 3. The van der Waals surface area contributed by atoms with E-state index in [9.17, 15) is 9.59 Å². The van der Waals surface area contributed by atoms with Crippen LogP contribution in [0.3, 0.4) is 0 Å². The molecule has 3 aliphatic heterocycles. The van der Waals surface area contributed by atoms with Crippen LogP contribution in [-0.4, -0.2) is 49.4 Å². The van der Waals surface area contributed by atoms with Gasteiger partial charge in [0.15, 0.2) is 0 Å². The highest BCUT2D eigenvalue weighted by atomic mass is 16.5. The second-order valence-electron chi connectivity index (χ2n) is 11.6. The summed E-state index contributed by atoms with van der Waals surface area (Å²) in [6.45, 7) is 6.46. The number of cyclic esters (lactones) is 1. The molecule has 0 spiro atoms. The number of ether oxygens (including phenoxy) is 3. The molecule has 6 nitrogen and oxygen atoms in total. The van der Waals surface area contributed by atoms with Crippen LogP contribution >= 0.6 is 0 Å². The van der Waals surface area contributed by atoms with E-state index in [1.165, 1.54) is 12.0 Å². The summed E-state index contributed by atoms with van der Waals surface area (Å²) in [6, 6.07) is 0. The van der Waals surface area contributed by atoms with Gasteiger partial charge in [0.1, 0.15) is 6.10 Å². The predicted octanol–water partition coefficient (Wildman–Crippen LogP) is 6.59. The smallest absolute Gasteiger partial charge is 0.309 e. The molecule has 1 N–H and O–H groups in total. The van der Waals surface area contributed by atoms with Crippen LogP contribution in [0.25, 0.3) is 0 Å². The Kier molecular flexibility index (Phi) is 13.1. The molecule has 38 heavy (non-hydrogen) atoms. The highest BCUT2D eigenvalue weighted by Gasteiger charge is 2.32. The van der Waals surface area contributed by atoms with E-state index < -0.39 is 0 Å². The third kappa shape index (κ3) is 10.7. The van der Waals surface area contributed by atoms with Crippen molar-refractivity contribution >= 4 is 11.9 Å². The highest BCUT2D eigenvalue weighted by Crippen LogP contribution is 2.33. The van der Waals surface area contributed by atoms with Crippen LogP contribution in [-0.2, 0) is 23.8 Å². The van der Waals surface area contributed by atoms with Gasteiger partial charge in [-0.15, -0.1) is 0 Å². The lowest BCUT2D eigenvalue weighted by atomic mass is 9.90. The molecule has 1 amide bonds. The number of hydrogen-bond acceptors (Lipinski definition) is 5. The Morgan fingerprint density at radius 3 is 2.47 bits per heavy atom. The van der Waals surface area contributed by atoms with Crippen molar-refractivity contribution in [2.75, 3.05) is 7.05 Å². The highest BCUT2D eigenvalue weighted by molar-refractivity contribution is 5.75. The molecular formula is C32H51NO5. The molecule has 3 aliphatic rings. The fourth-order valence-electron chi connectivity index (χ4n) is 5.91. The van der Waals surface area contributed by atoms with Gasteiger partial charge in [-0.3, -0.25) is 9.59 Å². The fraction of sp³-hybridized carbons (Fsp3) is 0.750.